The van der Waals surface area contributed by atoms with Gasteiger partial charge in [-0.2, -0.15) is 5.10 Å². The predicted octanol–water partition coefficient (Wildman–Crippen LogP) is 2.45. The molecule has 0 saturated carbocycles. The van der Waals surface area contributed by atoms with Crippen LogP contribution in [0.1, 0.15) is 37.1 Å². The molecule has 1 aromatic heterocycles. The van der Waals surface area contributed by atoms with Gasteiger partial charge in [-0.25, -0.2) is 4.79 Å². The zero-order chi connectivity index (χ0) is 17.0. The number of hydrogen-bond donors (Lipinski definition) is 2. The molecule has 0 radical (unpaired) electrons. The lowest BCUT2D eigenvalue weighted by Crippen LogP contribution is -2.38. The van der Waals surface area contributed by atoms with Crippen LogP contribution in [0.5, 0.6) is 0 Å². The third-order valence-electron chi connectivity index (χ3n) is 3.50. The van der Waals surface area contributed by atoms with E-state index < -0.39 is 4.92 Å². The Kier molecular flexibility index (Phi) is 4.95. The molecule has 122 valence electrons. The second kappa shape index (κ2) is 6.91. The Bertz CT molecular complexity index is 713. The molecule has 2 atom stereocenters. The molecule has 2 amide bonds. The van der Waals surface area contributed by atoms with E-state index in [2.05, 4.69) is 15.7 Å². The fourth-order valence-electron chi connectivity index (χ4n) is 2.17. The number of benzene rings is 1. The summed E-state index contributed by atoms with van der Waals surface area (Å²) in [6.45, 7) is 3.63. The average Bonchev–Trinajstić information content (AvgIpc) is 2.94. The number of nitrogens with zero attached hydrogens (tertiary/aromatic N) is 3. The summed E-state index contributed by atoms with van der Waals surface area (Å²) in [4.78, 5) is 22.4. The van der Waals surface area contributed by atoms with E-state index in [1.165, 1.54) is 12.1 Å². The van der Waals surface area contributed by atoms with Crippen molar-refractivity contribution in [2.75, 3.05) is 0 Å². The van der Waals surface area contributed by atoms with Crippen LogP contribution >= 0.6 is 0 Å². The summed E-state index contributed by atoms with van der Waals surface area (Å²) in [6, 6.07) is 5.32. The number of nitro groups is 1. The van der Waals surface area contributed by atoms with Gasteiger partial charge in [-0.05, 0) is 19.4 Å². The highest BCUT2D eigenvalue weighted by atomic mass is 16.6. The second-order valence-corrected chi connectivity index (χ2v) is 5.36. The van der Waals surface area contributed by atoms with Crippen LogP contribution in [-0.2, 0) is 7.05 Å². The Morgan fingerprint density at radius 1 is 1.26 bits per heavy atom. The molecule has 0 saturated heterocycles. The smallest absolute Gasteiger partial charge is 0.315 e. The topological polar surface area (TPSA) is 102 Å². The number of hydrogen-bond acceptors (Lipinski definition) is 4. The summed E-state index contributed by atoms with van der Waals surface area (Å²) >= 11 is 0. The maximum atomic E-state index is 12.1. The lowest BCUT2D eigenvalue weighted by Gasteiger charge is -2.17. The average molecular weight is 317 g/mol. The van der Waals surface area contributed by atoms with E-state index in [0.717, 1.165) is 5.56 Å². The van der Waals surface area contributed by atoms with Crippen molar-refractivity contribution in [2.24, 2.45) is 7.05 Å². The van der Waals surface area contributed by atoms with Crippen LogP contribution in [0, 0.1) is 10.1 Å². The Morgan fingerprint density at radius 3 is 2.48 bits per heavy atom. The van der Waals surface area contributed by atoms with Gasteiger partial charge in [0.15, 0.2) is 0 Å². The van der Waals surface area contributed by atoms with Gasteiger partial charge in [0, 0.05) is 30.9 Å². The highest BCUT2D eigenvalue weighted by Gasteiger charge is 2.15. The van der Waals surface area contributed by atoms with E-state index >= 15 is 0 Å². The van der Waals surface area contributed by atoms with Crippen LogP contribution in [0.2, 0.25) is 0 Å². The van der Waals surface area contributed by atoms with Gasteiger partial charge >= 0.3 is 6.03 Å². The van der Waals surface area contributed by atoms with E-state index in [1.54, 1.807) is 37.0 Å². The number of aryl methyl sites for hydroxylation is 1. The standard InChI is InChI=1S/C15H19N5O3/c1-10(12-5-4-6-14(7-12)20(22)23)17-15(21)18-11(2)13-8-16-19(3)9-13/h4-11H,1-3H3,(H2,17,18,21)/t10-,11-/m0/s1. The Morgan fingerprint density at radius 2 is 1.91 bits per heavy atom. The van der Waals surface area contributed by atoms with Gasteiger partial charge in [0.1, 0.15) is 0 Å². The van der Waals surface area contributed by atoms with E-state index in [-0.39, 0.29) is 23.8 Å². The largest absolute Gasteiger partial charge is 0.332 e. The second-order valence-electron chi connectivity index (χ2n) is 5.36. The lowest BCUT2D eigenvalue weighted by atomic mass is 10.1. The van der Waals surface area contributed by atoms with E-state index in [9.17, 15) is 14.9 Å². The quantitative estimate of drug-likeness (QED) is 0.653. The molecule has 0 aliphatic carbocycles. The molecule has 0 spiro atoms. The van der Waals surface area contributed by atoms with Crippen molar-refractivity contribution < 1.29 is 9.72 Å². The van der Waals surface area contributed by atoms with Crippen molar-refractivity contribution in [1.82, 2.24) is 20.4 Å². The number of aromatic nitrogens is 2. The first-order chi connectivity index (χ1) is 10.9. The third-order valence-corrected chi connectivity index (χ3v) is 3.50. The van der Waals surface area contributed by atoms with Crippen LogP contribution in [0.15, 0.2) is 36.7 Å². The highest BCUT2D eigenvalue weighted by Crippen LogP contribution is 2.19. The van der Waals surface area contributed by atoms with E-state index in [4.69, 9.17) is 0 Å². The van der Waals surface area contributed by atoms with E-state index in [1.807, 2.05) is 13.1 Å². The number of nitrogens with one attached hydrogen (secondary N) is 2. The lowest BCUT2D eigenvalue weighted by molar-refractivity contribution is -0.384. The van der Waals surface area contributed by atoms with Gasteiger partial charge in [0.25, 0.3) is 5.69 Å². The molecule has 8 heteroatoms. The van der Waals surface area contributed by atoms with Crippen molar-refractivity contribution in [1.29, 1.82) is 0 Å². The molecule has 2 N–H and O–H groups in total. The van der Waals surface area contributed by atoms with Crippen LogP contribution in [0.3, 0.4) is 0 Å². The number of carbonyl (C=O) groups excluding carboxylic acids is 1. The first-order valence-corrected chi connectivity index (χ1v) is 7.16. The zero-order valence-corrected chi connectivity index (χ0v) is 13.2. The van der Waals surface area contributed by atoms with Gasteiger partial charge in [-0.1, -0.05) is 12.1 Å². The molecular formula is C15H19N5O3. The normalized spacial score (nSPS) is 13.2. The molecule has 2 aromatic rings. The summed E-state index contributed by atoms with van der Waals surface area (Å²) < 4.78 is 1.66. The van der Waals surface area contributed by atoms with E-state index in [0.29, 0.717) is 5.56 Å². The van der Waals surface area contributed by atoms with Gasteiger partial charge < -0.3 is 10.6 Å². The summed E-state index contributed by atoms with van der Waals surface area (Å²) in [5.74, 6) is 0. The monoisotopic (exact) mass is 317 g/mol. The first-order valence-electron chi connectivity index (χ1n) is 7.16. The third kappa shape index (κ3) is 4.29. The molecule has 0 fully saturated rings. The number of nitro benzene ring substituents is 1. The van der Waals surface area contributed by atoms with Crippen LogP contribution in [0.25, 0.3) is 0 Å². The van der Waals surface area contributed by atoms with Crippen LogP contribution in [0.4, 0.5) is 10.5 Å². The van der Waals surface area contributed by atoms with Crippen molar-refractivity contribution in [2.45, 2.75) is 25.9 Å². The van der Waals surface area contributed by atoms with Gasteiger partial charge in [0.05, 0.1) is 23.2 Å². The van der Waals surface area contributed by atoms with Crippen LogP contribution in [-0.4, -0.2) is 20.7 Å². The Hall–Kier alpha value is -2.90. The van der Waals surface area contributed by atoms with Crippen molar-refractivity contribution in [3.8, 4) is 0 Å². The molecular weight excluding hydrogens is 298 g/mol. The Balaban J connectivity index is 1.96. The predicted molar refractivity (Wildman–Crippen MR) is 84.8 cm³/mol. The summed E-state index contributed by atoms with van der Waals surface area (Å²) in [7, 11) is 1.81. The number of non-ortho nitro benzene ring substituents is 1. The molecule has 23 heavy (non-hydrogen) atoms. The minimum Gasteiger partial charge on any atom is -0.332 e. The number of amides is 2. The van der Waals surface area contributed by atoms with Crippen LogP contribution < -0.4 is 10.6 Å². The SMILES string of the molecule is C[C@H](NC(=O)N[C@@H](C)c1cnn(C)c1)c1cccc([N+](=O)[O-])c1. The maximum absolute atomic E-state index is 12.1. The molecule has 8 nitrogen and oxygen atoms in total. The molecule has 2 rings (SSSR count). The van der Waals surface area contributed by atoms with Gasteiger partial charge in [-0.15, -0.1) is 0 Å². The van der Waals surface area contributed by atoms with Gasteiger partial charge in [-0.3, -0.25) is 14.8 Å². The van der Waals surface area contributed by atoms with Crippen molar-refractivity contribution >= 4 is 11.7 Å². The number of urea groups is 1. The minimum atomic E-state index is -0.458. The summed E-state index contributed by atoms with van der Waals surface area (Å²) in [5, 5.41) is 20.4. The summed E-state index contributed by atoms with van der Waals surface area (Å²) in [5.41, 5.74) is 1.56. The number of carbonyl (C=O) groups is 1. The highest BCUT2D eigenvalue weighted by molar-refractivity contribution is 5.75. The molecule has 0 aliphatic heterocycles. The maximum Gasteiger partial charge on any atom is 0.315 e. The fraction of sp³-hybridized carbons (Fsp3) is 0.333. The fourth-order valence-corrected chi connectivity index (χ4v) is 2.17. The zero-order valence-electron chi connectivity index (χ0n) is 13.2. The van der Waals surface area contributed by atoms with Gasteiger partial charge in [0.2, 0.25) is 0 Å². The first kappa shape index (κ1) is 16.5. The molecule has 0 bridgehead atoms. The van der Waals surface area contributed by atoms with Crippen molar-refractivity contribution in [3.05, 3.63) is 57.9 Å². The molecule has 0 aliphatic rings. The number of rotatable bonds is 5. The molecule has 1 heterocycles. The molecule has 1 aromatic carbocycles. The Labute approximate surface area is 133 Å². The summed E-state index contributed by atoms with van der Waals surface area (Å²) in [6.07, 6.45) is 3.52. The molecule has 0 unspecified atom stereocenters. The minimum absolute atomic E-state index is 0.000265. The van der Waals surface area contributed by atoms with Crippen molar-refractivity contribution in [3.63, 3.8) is 0 Å².